The van der Waals surface area contributed by atoms with Crippen LogP contribution in [0.3, 0.4) is 0 Å². The van der Waals surface area contributed by atoms with Crippen molar-refractivity contribution in [1.82, 2.24) is 4.98 Å². The predicted molar refractivity (Wildman–Crippen MR) is 65.4 cm³/mol. The maximum atomic E-state index is 13.6. The summed E-state index contributed by atoms with van der Waals surface area (Å²) in [7, 11) is 1.39. The molecule has 0 unspecified atom stereocenters. The number of rotatable bonds is 4. The van der Waals surface area contributed by atoms with Gasteiger partial charge in [-0.3, -0.25) is 4.79 Å². The van der Waals surface area contributed by atoms with Crippen LogP contribution in [0.25, 0.3) is 10.4 Å². The van der Waals surface area contributed by atoms with Crippen molar-refractivity contribution < 1.29 is 19.0 Å². The molecule has 6 heteroatoms. The Hall–Kier alpha value is -1.95. The number of carbonyl (C=O) groups is 1. The zero-order chi connectivity index (χ0) is 13.1. The molecule has 0 radical (unpaired) electrons. The van der Waals surface area contributed by atoms with Crippen LogP contribution >= 0.6 is 11.3 Å². The van der Waals surface area contributed by atoms with Gasteiger partial charge in [-0.25, -0.2) is 9.37 Å². The van der Waals surface area contributed by atoms with Gasteiger partial charge in [-0.2, -0.15) is 0 Å². The average molecular weight is 267 g/mol. The Bertz CT molecular complexity index is 582. The number of methoxy groups -OCH3 is 1. The fraction of sp³-hybridized carbons (Fsp3) is 0.167. The lowest BCUT2D eigenvalue weighted by Gasteiger charge is -2.04. The first kappa shape index (κ1) is 12.5. The number of benzene rings is 1. The number of hydrogen-bond donors (Lipinski definition) is 1. The van der Waals surface area contributed by atoms with Gasteiger partial charge in [0.05, 0.1) is 29.6 Å². The highest BCUT2D eigenvalue weighted by molar-refractivity contribution is 7.13. The molecule has 18 heavy (non-hydrogen) atoms. The molecule has 0 aliphatic rings. The highest BCUT2D eigenvalue weighted by atomic mass is 32.1. The van der Waals surface area contributed by atoms with Crippen LogP contribution in [0.2, 0.25) is 0 Å². The first-order valence-electron chi connectivity index (χ1n) is 5.10. The molecule has 4 nitrogen and oxygen atoms in total. The fourth-order valence-corrected chi connectivity index (χ4v) is 2.39. The van der Waals surface area contributed by atoms with Gasteiger partial charge in [0, 0.05) is 0 Å². The van der Waals surface area contributed by atoms with Gasteiger partial charge in [-0.1, -0.05) is 0 Å². The Balaban J connectivity index is 2.40. The van der Waals surface area contributed by atoms with Crippen LogP contribution in [-0.4, -0.2) is 23.2 Å². The molecular formula is C12H10FNO3S. The van der Waals surface area contributed by atoms with E-state index >= 15 is 0 Å². The van der Waals surface area contributed by atoms with Crippen molar-refractivity contribution in [2.45, 2.75) is 6.42 Å². The van der Waals surface area contributed by atoms with Crippen LogP contribution in [0.1, 0.15) is 5.69 Å². The summed E-state index contributed by atoms with van der Waals surface area (Å²) in [4.78, 5) is 15.3. The quantitative estimate of drug-likeness (QED) is 0.925. The third kappa shape index (κ3) is 2.48. The van der Waals surface area contributed by atoms with Gasteiger partial charge < -0.3 is 9.84 Å². The highest BCUT2D eigenvalue weighted by Gasteiger charge is 2.13. The molecule has 94 valence electrons. The first-order chi connectivity index (χ1) is 8.61. The number of aromatic nitrogens is 1. The second-order valence-electron chi connectivity index (χ2n) is 3.55. The third-order valence-electron chi connectivity index (χ3n) is 2.37. The number of hydrogen-bond acceptors (Lipinski definition) is 4. The normalized spacial score (nSPS) is 10.3. The molecule has 0 amide bonds. The molecule has 2 aromatic rings. The SMILES string of the molecule is COc1ccc(-c2scnc2CC(=O)O)cc1F. The van der Waals surface area contributed by atoms with Gasteiger partial charge in [0.2, 0.25) is 0 Å². The van der Waals surface area contributed by atoms with Gasteiger partial charge in [-0.05, 0) is 23.8 Å². The number of ether oxygens (including phenoxy) is 1. The molecule has 0 aliphatic carbocycles. The number of thiazole rings is 1. The molecular weight excluding hydrogens is 257 g/mol. The largest absolute Gasteiger partial charge is 0.494 e. The lowest BCUT2D eigenvalue weighted by atomic mass is 10.1. The predicted octanol–water partition coefficient (Wildman–Crippen LogP) is 2.58. The van der Waals surface area contributed by atoms with Crippen molar-refractivity contribution in [1.29, 1.82) is 0 Å². The second-order valence-corrected chi connectivity index (χ2v) is 4.40. The van der Waals surface area contributed by atoms with Crippen LogP contribution in [0.5, 0.6) is 5.75 Å². The lowest BCUT2D eigenvalue weighted by molar-refractivity contribution is -0.136. The Labute approximate surface area is 107 Å². The van der Waals surface area contributed by atoms with E-state index in [4.69, 9.17) is 9.84 Å². The van der Waals surface area contributed by atoms with Crippen LogP contribution < -0.4 is 4.74 Å². The van der Waals surface area contributed by atoms with Gasteiger partial charge in [0.1, 0.15) is 0 Å². The van der Waals surface area contributed by atoms with Crippen LogP contribution in [0, 0.1) is 5.82 Å². The standard InChI is InChI=1S/C12H10FNO3S/c1-17-10-3-2-7(4-8(10)13)12-9(5-11(15)16)14-6-18-12/h2-4,6H,5H2,1H3,(H,15,16). The summed E-state index contributed by atoms with van der Waals surface area (Å²) in [6, 6.07) is 4.51. The molecule has 0 atom stereocenters. The minimum atomic E-state index is -0.962. The lowest BCUT2D eigenvalue weighted by Crippen LogP contribution is -2.01. The zero-order valence-corrected chi connectivity index (χ0v) is 10.3. The Morgan fingerprint density at radius 2 is 2.33 bits per heavy atom. The molecule has 2 rings (SSSR count). The molecule has 1 aromatic carbocycles. The Kier molecular flexibility index (Phi) is 3.57. The summed E-state index contributed by atoms with van der Waals surface area (Å²) in [6.45, 7) is 0. The minimum Gasteiger partial charge on any atom is -0.494 e. The van der Waals surface area contributed by atoms with E-state index in [1.54, 1.807) is 11.6 Å². The molecule has 0 aliphatic heterocycles. The highest BCUT2D eigenvalue weighted by Crippen LogP contribution is 2.31. The van der Waals surface area contributed by atoms with Gasteiger partial charge in [0.15, 0.2) is 11.6 Å². The molecule has 0 saturated carbocycles. The number of carboxylic acids is 1. The molecule has 0 bridgehead atoms. The first-order valence-corrected chi connectivity index (χ1v) is 5.98. The van der Waals surface area contributed by atoms with E-state index in [1.165, 1.54) is 30.6 Å². The fourth-order valence-electron chi connectivity index (χ4n) is 1.58. The van der Waals surface area contributed by atoms with Crippen molar-refractivity contribution in [3.8, 4) is 16.2 Å². The molecule has 0 spiro atoms. The molecule has 0 saturated heterocycles. The third-order valence-corrected chi connectivity index (χ3v) is 3.29. The van der Waals surface area contributed by atoms with E-state index in [2.05, 4.69) is 4.98 Å². The van der Waals surface area contributed by atoms with Gasteiger partial charge in [0.25, 0.3) is 0 Å². The monoisotopic (exact) mass is 267 g/mol. The Morgan fingerprint density at radius 3 is 2.94 bits per heavy atom. The van der Waals surface area contributed by atoms with Crippen molar-refractivity contribution in [2.24, 2.45) is 0 Å². The zero-order valence-electron chi connectivity index (χ0n) is 9.51. The topological polar surface area (TPSA) is 59.4 Å². The van der Waals surface area contributed by atoms with Crippen molar-refractivity contribution in [3.05, 3.63) is 35.2 Å². The molecule has 1 N–H and O–H groups in total. The number of halogens is 1. The maximum absolute atomic E-state index is 13.6. The number of carboxylic acid groups (broad SMARTS) is 1. The summed E-state index contributed by atoms with van der Waals surface area (Å²) >= 11 is 1.28. The van der Waals surface area contributed by atoms with Crippen LogP contribution in [0.15, 0.2) is 23.7 Å². The molecule has 0 fully saturated rings. The van der Waals surface area contributed by atoms with E-state index in [0.29, 0.717) is 16.1 Å². The second kappa shape index (κ2) is 5.14. The smallest absolute Gasteiger partial charge is 0.309 e. The van der Waals surface area contributed by atoms with Crippen molar-refractivity contribution in [2.75, 3.05) is 7.11 Å². The van der Waals surface area contributed by atoms with E-state index in [0.717, 1.165) is 0 Å². The average Bonchev–Trinajstić information content (AvgIpc) is 2.76. The minimum absolute atomic E-state index is 0.156. The van der Waals surface area contributed by atoms with Crippen LogP contribution in [0.4, 0.5) is 4.39 Å². The summed E-state index contributed by atoms with van der Waals surface area (Å²) < 4.78 is 18.4. The van der Waals surface area contributed by atoms with E-state index in [1.807, 2.05) is 0 Å². The molecule has 1 aromatic heterocycles. The van der Waals surface area contributed by atoms with Gasteiger partial charge in [-0.15, -0.1) is 11.3 Å². The summed E-state index contributed by atoms with van der Waals surface area (Å²) in [5.74, 6) is -1.29. The molecule has 1 heterocycles. The number of aliphatic carboxylic acids is 1. The summed E-state index contributed by atoms with van der Waals surface area (Å²) in [6.07, 6.45) is -0.174. The Morgan fingerprint density at radius 1 is 1.56 bits per heavy atom. The van der Waals surface area contributed by atoms with Crippen LogP contribution in [-0.2, 0) is 11.2 Å². The van der Waals surface area contributed by atoms with E-state index < -0.39 is 11.8 Å². The van der Waals surface area contributed by atoms with Crippen molar-refractivity contribution in [3.63, 3.8) is 0 Å². The van der Waals surface area contributed by atoms with E-state index in [9.17, 15) is 9.18 Å². The summed E-state index contributed by atoms with van der Waals surface area (Å²) in [5.41, 5.74) is 2.60. The van der Waals surface area contributed by atoms with Crippen molar-refractivity contribution >= 4 is 17.3 Å². The number of nitrogens with zero attached hydrogens (tertiary/aromatic N) is 1. The van der Waals surface area contributed by atoms with Gasteiger partial charge >= 0.3 is 5.97 Å². The summed E-state index contributed by atoms with van der Waals surface area (Å²) in [5, 5.41) is 8.76. The van der Waals surface area contributed by atoms with E-state index in [-0.39, 0.29) is 12.2 Å². The maximum Gasteiger partial charge on any atom is 0.309 e.